The van der Waals surface area contributed by atoms with E-state index in [2.05, 4.69) is 32.8 Å². The molecule has 0 saturated heterocycles. The summed E-state index contributed by atoms with van der Waals surface area (Å²) in [4.78, 5) is 14.4. The summed E-state index contributed by atoms with van der Waals surface area (Å²) in [5.41, 5.74) is 1.73. The number of hydrogen-bond acceptors (Lipinski definition) is 3. The van der Waals surface area contributed by atoms with Crippen LogP contribution in [0.25, 0.3) is 0 Å². The highest BCUT2D eigenvalue weighted by Gasteiger charge is 2.19. The predicted octanol–water partition coefficient (Wildman–Crippen LogP) is 3.33. The van der Waals surface area contributed by atoms with E-state index < -0.39 is 0 Å². The van der Waals surface area contributed by atoms with Gasteiger partial charge in [0.05, 0.1) is 13.2 Å². The Balaban J connectivity index is 2.11. The average Bonchev–Trinajstić information content (AvgIpc) is 2.55. The number of para-hydroxylation sites is 1. The third kappa shape index (κ3) is 4.68. The van der Waals surface area contributed by atoms with Crippen molar-refractivity contribution in [1.29, 1.82) is 0 Å². The molecule has 2 aromatic carbocycles. The van der Waals surface area contributed by atoms with Crippen LogP contribution in [-0.2, 0) is 0 Å². The lowest BCUT2D eigenvalue weighted by Gasteiger charge is -2.26. The fraction of sp³-hybridized carbons (Fsp3) is 0.278. The third-order valence-electron chi connectivity index (χ3n) is 3.68. The first-order valence-electron chi connectivity index (χ1n) is 7.36. The first-order valence-corrected chi connectivity index (χ1v) is 8.44. The summed E-state index contributed by atoms with van der Waals surface area (Å²) in [7, 11) is 5.65. The van der Waals surface area contributed by atoms with Crippen LogP contribution in [0.5, 0.6) is 5.75 Å². The van der Waals surface area contributed by atoms with Crippen LogP contribution < -0.4 is 10.1 Å². The second kappa shape index (κ2) is 8.31. The molecule has 0 aliphatic carbocycles. The SMILES string of the molecule is COc1ccccc1C(CNC(=O)c1ccc(I)cc1)N(C)C. The molecule has 0 aliphatic rings. The summed E-state index contributed by atoms with van der Waals surface area (Å²) in [5, 5.41) is 3.01. The molecule has 1 N–H and O–H groups in total. The second-order valence-corrected chi connectivity index (χ2v) is 6.68. The Bertz CT molecular complexity index is 656. The van der Waals surface area contributed by atoms with Gasteiger partial charge in [0.25, 0.3) is 5.91 Å². The second-order valence-electron chi connectivity index (χ2n) is 5.44. The number of amides is 1. The summed E-state index contributed by atoms with van der Waals surface area (Å²) < 4.78 is 6.55. The van der Waals surface area contributed by atoms with Crippen LogP contribution in [0.2, 0.25) is 0 Å². The zero-order chi connectivity index (χ0) is 16.8. The van der Waals surface area contributed by atoms with Crippen LogP contribution in [0.15, 0.2) is 48.5 Å². The van der Waals surface area contributed by atoms with Gasteiger partial charge in [0.1, 0.15) is 5.75 Å². The molecule has 1 amide bonds. The van der Waals surface area contributed by atoms with Gasteiger partial charge in [0.15, 0.2) is 0 Å². The van der Waals surface area contributed by atoms with Gasteiger partial charge in [-0.1, -0.05) is 18.2 Å². The molecule has 5 heteroatoms. The van der Waals surface area contributed by atoms with E-state index in [4.69, 9.17) is 4.74 Å². The van der Waals surface area contributed by atoms with E-state index in [-0.39, 0.29) is 11.9 Å². The van der Waals surface area contributed by atoms with Crippen LogP contribution in [-0.4, -0.2) is 38.6 Å². The molecule has 1 atom stereocenters. The standard InChI is InChI=1S/C18H21IN2O2/c1-21(2)16(15-6-4-5-7-17(15)23-3)12-20-18(22)13-8-10-14(19)11-9-13/h4-11,16H,12H2,1-3H3,(H,20,22). The number of ether oxygens (including phenoxy) is 1. The highest BCUT2D eigenvalue weighted by Crippen LogP contribution is 2.27. The lowest BCUT2D eigenvalue weighted by molar-refractivity contribution is 0.0941. The number of methoxy groups -OCH3 is 1. The predicted molar refractivity (Wildman–Crippen MR) is 101 cm³/mol. The number of halogens is 1. The number of rotatable bonds is 6. The molecule has 0 spiro atoms. The Labute approximate surface area is 151 Å². The van der Waals surface area contributed by atoms with Crippen molar-refractivity contribution < 1.29 is 9.53 Å². The minimum atomic E-state index is -0.0665. The maximum atomic E-state index is 12.3. The quantitative estimate of drug-likeness (QED) is 0.724. The van der Waals surface area contributed by atoms with E-state index in [1.54, 1.807) is 7.11 Å². The van der Waals surface area contributed by atoms with Gasteiger partial charge < -0.3 is 15.0 Å². The van der Waals surface area contributed by atoms with Gasteiger partial charge in [0, 0.05) is 21.2 Å². The molecule has 0 fully saturated rings. The Kier molecular flexibility index (Phi) is 6.41. The van der Waals surface area contributed by atoms with Crippen molar-refractivity contribution in [1.82, 2.24) is 10.2 Å². The summed E-state index contributed by atoms with van der Waals surface area (Å²) in [6, 6.07) is 15.5. The molecule has 23 heavy (non-hydrogen) atoms. The van der Waals surface area contributed by atoms with Crippen molar-refractivity contribution in [2.24, 2.45) is 0 Å². The summed E-state index contributed by atoms with van der Waals surface area (Å²) in [5.74, 6) is 0.762. The smallest absolute Gasteiger partial charge is 0.251 e. The normalized spacial score (nSPS) is 12.0. The van der Waals surface area contributed by atoms with Gasteiger partial charge in [-0.3, -0.25) is 4.79 Å². The van der Waals surface area contributed by atoms with Gasteiger partial charge in [0.2, 0.25) is 0 Å². The van der Waals surface area contributed by atoms with Crippen molar-refractivity contribution in [3.05, 3.63) is 63.2 Å². The van der Waals surface area contributed by atoms with E-state index in [1.807, 2.05) is 62.6 Å². The highest BCUT2D eigenvalue weighted by atomic mass is 127. The third-order valence-corrected chi connectivity index (χ3v) is 4.40. The number of benzene rings is 2. The van der Waals surface area contributed by atoms with Crippen molar-refractivity contribution in [3.8, 4) is 5.75 Å². The number of hydrogen-bond donors (Lipinski definition) is 1. The van der Waals surface area contributed by atoms with Crippen LogP contribution in [0, 0.1) is 3.57 Å². The molecule has 4 nitrogen and oxygen atoms in total. The van der Waals surface area contributed by atoms with Gasteiger partial charge in [-0.05, 0) is 67.0 Å². The summed E-state index contributed by atoms with van der Waals surface area (Å²) in [6.07, 6.45) is 0. The number of carbonyl (C=O) groups excluding carboxylic acids is 1. The van der Waals surface area contributed by atoms with Gasteiger partial charge in [-0.25, -0.2) is 0 Å². The number of likely N-dealkylation sites (N-methyl/N-ethyl adjacent to an activating group) is 1. The molecule has 0 saturated carbocycles. The molecular formula is C18H21IN2O2. The number of nitrogens with zero attached hydrogens (tertiary/aromatic N) is 1. The molecule has 0 aromatic heterocycles. The largest absolute Gasteiger partial charge is 0.496 e. The van der Waals surface area contributed by atoms with Gasteiger partial charge in [-0.15, -0.1) is 0 Å². The van der Waals surface area contributed by atoms with Crippen LogP contribution in [0.4, 0.5) is 0 Å². The van der Waals surface area contributed by atoms with E-state index in [0.29, 0.717) is 12.1 Å². The fourth-order valence-electron chi connectivity index (χ4n) is 2.41. The average molecular weight is 424 g/mol. The van der Waals surface area contributed by atoms with Crippen molar-refractivity contribution >= 4 is 28.5 Å². The van der Waals surface area contributed by atoms with Crippen LogP contribution in [0.3, 0.4) is 0 Å². The molecule has 122 valence electrons. The molecule has 0 bridgehead atoms. The van der Waals surface area contributed by atoms with Crippen LogP contribution >= 0.6 is 22.6 Å². The van der Waals surface area contributed by atoms with E-state index in [9.17, 15) is 4.79 Å². The Hall–Kier alpha value is -1.60. The topological polar surface area (TPSA) is 41.6 Å². The molecule has 0 radical (unpaired) electrons. The van der Waals surface area contributed by atoms with Crippen molar-refractivity contribution in [3.63, 3.8) is 0 Å². The first kappa shape index (κ1) is 17.7. The summed E-state index contributed by atoms with van der Waals surface area (Å²) >= 11 is 2.22. The van der Waals surface area contributed by atoms with E-state index in [1.165, 1.54) is 0 Å². The zero-order valence-electron chi connectivity index (χ0n) is 13.5. The molecule has 2 aromatic rings. The highest BCUT2D eigenvalue weighted by molar-refractivity contribution is 14.1. The minimum Gasteiger partial charge on any atom is -0.496 e. The monoisotopic (exact) mass is 424 g/mol. The Morgan fingerprint density at radius 2 is 1.83 bits per heavy atom. The number of carbonyl (C=O) groups is 1. The summed E-state index contributed by atoms with van der Waals surface area (Å²) in [6.45, 7) is 0.512. The van der Waals surface area contributed by atoms with Gasteiger partial charge >= 0.3 is 0 Å². The lowest BCUT2D eigenvalue weighted by Crippen LogP contribution is -2.34. The molecular weight excluding hydrogens is 403 g/mol. The van der Waals surface area contributed by atoms with Crippen molar-refractivity contribution in [2.75, 3.05) is 27.7 Å². The number of nitrogens with one attached hydrogen (secondary N) is 1. The van der Waals surface area contributed by atoms with Crippen molar-refractivity contribution in [2.45, 2.75) is 6.04 Å². The zero-order valence-corrected chi connectivity index (χ0v) is 15.7. The Morgan fingerprint density at radius 1 is 1.17 bits per heavy atom. The molecule has 0 heterocycles. The van der Waals surface area contributed by atoms with E-state index >= 15 is 0 Å². The first-order chi connectivity index (χ1) is 11.0. The van der Waals surface area contributed by atoms with Crippen LogP contribution in [0.1, 0.15) is 22.0 Å². The van der Waals surface area contributed by atoms with Gasteiger partial charge in [-0.2, -0.15) is 0 Å². The molecule has 1 unspecified atom stereocenters. The van der Waals surface area contributed by atoms with E-state index in [0.717, 1.165) is 14.9 Å². The fourth-order valence-corrected chi connectivity index (χ4v) is 2.76. The lowest BCUT2D eigenvalue weighted by atomic mass is 10.0. The maximum Gasteiger partial charge on any atom is 0.251 e. The minimum absolute atomic E-state index is 0.0407. The molecule has 2 rings (SSSR count). The maximum absolute atomic E-state index is 12.3. The Morgan fingerprint density at radius 3 is 2.43 bits per heavy atom. The molecule has 0 aliphatic heterocycles.